The molecule has 2 atom stereocenters. The Labute approximate surface area is 210 Å². The Morgan fingerprint density at radius 1 is 1.11 bits per heavy atom. The van der Waals surface area contributed by atoms with Crippen LogP contribution in [0.5, 0.6) is 0 Å². The zero-order valence-corrected chi connectivity index (χ0v) is 21.1. The molecule has 2 saturated heterocycles. The minimum absolute atomic E-state index is 0.192. The Bertz CT molecular complexity index is 1190. The summed E-state index contributed by atoms with van der Waals surface area (Å²) in [4.78, 5) is 30.6. The summed E-state index contributed by atoms with van der Waals surface area (Å²) in [5.74, 6) is -0.917. The third-order valence-corrected chi connectivity index (χ3v) is 7.59. The number of nitrogens with two attached hydrogens (primary N) is 1. The number of nitrogens with zero attached hydrogens (tertiary/aromatic N) is 2. The minimum atomic E-state index is -3.44. The maximum atomic E-state index is 13.9. The van der Waals surface area contributed by atoms with Gasteiger partial charge in [0, 0.05) is 37.2 Å². The molecule has 2 fully saturated rings. The largest absolute Gasteiger partial charge is 0.369 e. The lowest BCUT2D eigenvalue weighted by molar-refractivity contribution is -0.153. The highest BCUT2D eigenvalue weighted by atomic mass is 35.5. The van der Waals surface area contributed by atoms with E-state index in [0.29, 0.717) is 43.3 Å². The molecule has 2 heterocycles. The number of benzene rings is 2. The van der Waals surface area contributed by atoms with Crippen LogP contribution in [0.1, 0.15) is 12.0 Å². The first-order valence-electron chi connectivity index (χ1n) is 11.5. The number of amides is 2. The van der Waals surface area contributed by atoms with Crippen molar-refractivity contribution in [3.8, 4) is 0 Å². The van der Waals surface area contributed by atoms with Crippen molar-refractivity contribution in [2.45, 2.75) is 18.9 Å². The van der Waals surface area contributed by atoms with Gasteiger partial charge in [-0.05, 0) is 49.2 Å². The highest BCUT2D eigenvalue weighted by molar-refractivity contribution is 7.92. The van der Waals surface area contributed by atoms with Crippen molar-refractivity contribution in [3.05, 3.63) is 59.1 Å². The van der Waals surface area contributed by atoms with Gasteiger partial charge in [0.2, 0.25) is 21.8 Å². The van der Waals surface area contributed by atoms with Crippen LogP contribution in [0, 0.1) is 5.41 Å². The fourth-order valence-corrected chi connectivity index (χ4v) is 5.51. The Balaban J connectivity index is 1.54. The number of nitrogens with one attached hydrogen (secondary N) is 2. The van der Waals surface area contributed by atoms with Crippen molar-refractivity contribution >= 4 is 44.8 Å². The van der Waals surface area contributed by atoms with Crippen LogP contribution in [0.25, 0.3) is 0 Å². The summed E-state index contributed by atoms with van der Waals surface area (Å²) >= 11 is 6.02. The molecule has 0 spiro atoms. The van der Waals surface area contributed by atoms with Crippen LogP contribution in [-0.2, 0) is 26.0 Å². The standard InChI is InChI=1S/C24H30ClN5O4S/c1-35(33,34)28-19-4-2-3-5-20(19)29-12-14-30(15-13-29)23(32)24(22(26)31,21-10-11-27-21)16-17-6-8-18(25)9-7-17/h2-9,21,27-28H,10-16H2,1H3,(H2,26,31)/t21-,24-/m1/s1. The summed E-state index contributed by atoms with van der Waals surface area (Å²) in [5.41, 5.74) is 6.58. The number of primary amides is 1. The Hall–Kier alpha value is -2.82. The highest BCUT2D eigenvalue weighted by Crippen LogP contribution is 2.36. The summed E-state index contributed by atoms with van der Waals surface area (Å²) in [6.07, 6.45) is 1.99. The van der Waals surface area contributed by atoms with Crippen molar-refractivity contribution in [1.29, 1.82) is 0 Å². The Kier molecular flexibility index (Phi) is 7.25. The lowest BCUT2D eigenvalue weighted by atomic mass is 9.69. The van der Waals surface area contributed by atoms with Gasteiger partial charge in [-0.2, -0.15) is 0 Å². The van der Waals surface area contributed by atoms with Crippen molar-refractivity contribution in [1.82, 2.24) is 10.2 Å². The zero-order chi connectivity index (χ0) is 25.2. The van der Waals surface area contributed by atoms with Crippen LogP contribution in [0.3, 0.4) is 0 Å². The average molecular weight is 520 g/mol. The van der Waals surface area contributed by atoms with E-state index in [9.17, 15) is 18.0 Å². The van der Waals surface area contributed by atoms with Crippen molar-refractivity contribution in [2.24, 2.45) is 11.1 Å². The SMILES string of the molecule is CS(=O)(=O)Nc1ccccc1N1CCN(C(=O)[C@@](Cc2ccc(Cl)cc2)(C(N)=O)[C@H]2CCN2)CC1. The number of hydrogen-bond donors (Lipinski definition) is 3. The number of halogens is 1. The molecular weight excluding hydrogens is 490 g/mol. The number of sulfonamides is 1. The first-order valence-corrected chi connectivity index (χ1v) is 13.8. The maximum absolute atomic E-state index is 13.9. The third kappa shape index (κ3) is 5.39. The second-order valence-corrected chi connectivity index (χ2v) is 11.3. The maximum Gasteiger partial charge on any atom is 0.240 e. The molecule has 11 heteroatoms. The monoisotopic (exact) mass is 519 g/mol. The third-order valence-electron chi connectivity index (χ3n) is 6.74. The van der Waals surface area contributed by atoms with E-state index in [1.807, 2.05) is 29.2 Å². The first kappa shape index (κ1) is 25.3. The number of hydrogen-bond acceptors (Lipinski definition) is 6. The molecule has 35 heavy (non-hydrogen) atoms. The Morgan fingerprint density at radius 3 is 2.29 bits per heavy atom. The van der Waals surface area contributed by atoms with Gasteiger partial charge < -0.3 is 20.9 Å². The van der Waals surface area contributed by atoms with Gasteiger partial charge in [-0.1, -0.05) is 35.9 Å². The molecular formula is C24H30ClN5O4S. The van der Waals surface area contributed by atoms with E-state index in [2.05, 4.69) is 10.0 Å². The summed E-state index contributed by atoms with van der Waals surface area (Å²) in [6.45, 7) is 2.47. The van der Waals surface area contributed by atoms with Crippen LogP contribution in [0.4, 0.5) is 11.4 Å². The molecule has 0 aliphatic carbocycles. The molecule has 0 radical (unpaired) electrons. The van der Waals surface area contributed by atoms with Gasteiger partial charge in [-0.25, -0.2) is 8.42 Å². The van der Waals surface area contributed by atoms with Crippen LogP contribution >= 0.6 is 11.6 Å². The van der Waals surface area contributed by atoms with Crippen LogP contribution in [-0.4, -0.2) is 70.2 Å². The van der Waals surface area contributed by atoms with E-state index in [4.69, 9.17) is 17.3 Å². The molecule has 2 aliphatic rings. The molecule has 188 valence electrons. The van der Waals surface area contributed by atoms with Crippen molar-refractivity contribution in [2.75, 3.05) is 48.6 Å². The van der Waals surface area contributed by atoms with Crippen LogP contribution < -0.4 is 20.7 Å². The first-order chi connectivity index (χ1) is 16.6. The summed E-state index contributed by atoms with van der Waals surface area (Å²) in [7, 11) is -3.44. The average Bonchev–Trinajstić information content (AvgIpc) is 2.77. The van der Waals surface area contributed by atoms with Gasteiger partial charge in [0.05, 0.1) is 17.6 Å². The molecule has 4 rings (SSSR count). The number of carbonyl (C=O) groups excluding carboxylic acids is 2. The topological polar surface area (TPSA) is 125 Å². The quantitative estimate of drug-likeness (QED) is 0.453. The predicted octanol–water partition coefficient (Wildman–Crippen LogP) is 1.44. The van der Waals surface area contributed by atoms with E-state index >= 15 is 0 Å². The highest BCUT2D eigenvalue weighted by Gasteiger charge is 2.54. The number of piperazine rings is 1. The van der Waals surface area contributed by atoms with Gasteiger partial charge in [-0.15, -0.1) is 0 Å². The second-order valence-electron chi connectivity index (χ2n) is 9.10. The minimum Gasteiger partial charge on any atom is -0.369 e. The van der Waals surface area contributed by atoms with E-state index in [0.717, 1.165) is 24.1 Å². The molecule has 2 aromatic carbocycles. The lowest BCUT2D eigenvalue weighted by Crippen LogP contribution is -2.68. The Morgan fingerprint density at radius 2 is 1.74 bits per heavy atom. The zero-order valence-electron chi connectivity index (χ0n) is 19.5. The van der Waals surface area contributed by atoms with E-state index in [-0.39, 0.29) is 18.4 Å². The fourth-order valence-electron chi connectivity index (χ4n) is 4.81. The van der Waals surface area contributed by atoms with Gasteiger partial charge in [0.15, 0.2) is 0 Å². The fraction of sp³-hybridized carbons (Fsp3) is 0.417. The van der Waals surface area contributed by atoms with E-state index in [1.165, 1.54) is 0 Å². The number of carbonyl (C=O) groups is 2. The molecule has 0 bridgehead atoms. The van der Waals surface area contributed by atoms with Gasteiger partial charge in [0.25, 0.3) is 0 Å². The van der Waals surface area contributed by atoms with E-state index < -0.39 is 21.3 Å². The molecule has 0 saturated carbocycles. The van der Waals surface area contributed by atoms with Gasteiger partial charge in [-0.3, -0.25) is 14.3 Å². The summed E-state index contributed by atoms with van der Waals surface area (Å²) < 4.78 is 26.1. The van der Waals surface area contributed by atoms with Crippen molar-refractivity contribution < 1.29 is 18.0 Å². The lowest BCUT2D eigenvalue weighted by Gasteiger charge is -2.46. The van der Waals surface area contributed by atoms with E-state index in [1.54, 1.807) is 29.2 Å². The van der Waals surface area contributed by atoms with Crippen molar-refractivity contribution in [3.63, 3.8) is 0 Å². The molecule has 9 nitrogen and oxygen atoms in total. The molecule has 0 unspecified atom stereocenters. The summed E-state index contributed by atoms with van der Waals surface area (Å²) in [6, 6.07) is 13.9. The molecule has 2 aliphatic heterocycles. The second kappa shape index (κ2) is 10.0. The number of para-hydroxylation sites is 2. The van der Waals surface area contributed by atoms with Crippen LogP contribution in [0.15, 0.2) is 48.5 Å². The molecule has 4 N–H and O–H groups in total. The molecule has 0 aromatic heterocycles. The smallest absolute Gasteiger partial charge is 0.240 e. The van der Waals surface area contributed by atoms with Crippen LogP contribution in [0.2, 0.25) is 5.02 Å². The van der Waals surface area contributed by atoms with Gasteiger partial charge in [0.1, 0.15) is 5.41 Å². The summed E-state index contributed by atoms with van der Waals surface area (Å²) in [5, 5.41) is 3.81. The molecule has 2 aromatic rings. The number of rotatable bonds is 8. The predicted molar refractivity (Wildman–Crippen MR) is 137 cm³/mol. The molecule has 2 amide bonds. The normalized spacial score (nSPS) is 20.0. The number of anilines is 2. The van der Waals surface area contributed by atoms with Gasteiger partial charge >= 0.3 is 0 Å².